The molecule has 5 heteroatoms. The van der Waals surface area contributed by atoms with Gasteiger partial charge in [0, 0.05) is 43.0 Å². The van der Waals surface area contributed by atoms with Gasteiger partial charge in [0.15, 0.2) is 0 Å². The Morgan fingerprint density at radius 1 is 0.923 bits per heavy atom. The molecule has 1 heterocycles. The van der Waals surface area contributed by atoms with E-state index in [0.29, 0.717) is 5.69 Å². The van der Waals surface area contributed by atoms with Gasteiger partial charge in [-0.15, -0.1) is 0 Å². The summed E-state index contributed by atoms with van der Waals surface area (Å²) in [4.78, 5) is 18.7. The number of pyridine rings is 1. The predicted octanol–water partition coefficient (Wildman–Crippen LogP) is 4.45. The predicted molar refractivity (Wildman–Crippen MR) is 107 cm³/mol. The van der Waals surface area contributed by atoms with E-state index in [2.05, 4.69) is 15.6 Å². The number of carbonyl (C=O) groups excluding carboxylic acids is 1. The third kappa shape index (κ3) is 4.39. The monoisotopic (exact) mass is 346 g/mol. The Hall–Kier alpha value is -3.34. The number of aryl methyl sites for hydroxylation is 1. The van der Waals surface area contributed by atoms with E-state index in [9.17, 15) is 4.79 Å². The van der Waals surface area contributed by atoms with Crippen LogP contribution in [0.5, 0.6) is 0 Å². The van der Waals surface area contributed by atoms with Crippen molar-refractivity contribution < 1.29 is 4.79 Å². The smallest absolute Gasteiger partial charge is 0.274 e. The van der Waals surface area contributed by atoms with Gasteiger partial charge in [0.25, 0.3) is 5.91 Å². The third-order valence-electron chi connectivity index (χ3n) is 3.94. The van der Waals surface area contributed by atoms with E-state index in [-0.39, 0.29) is 5.91 Å². The number of hydrogen-bond donors (Lipinski definition) is 2. The molecule has 0 spiro atoms. The SMILES string of the molecule is Cc1cccc(Nc2ccnc(C(=O)Nc3ccc(N(C)C)cc3)c2)c1. The van der Waals surface area contributed by atoms with Crippen LogP contribution in [-0.4, -0.2) is 25.0 Å². The van der Waals surface area contributed by atoms with Gasteiger partial charge in [-0.05, 0) is 61.0 Å². The molecule has 1 amide bonds. The van der Waals surface area contributed by atoms with Gasteiger partial charge in [-0.3, -0.25) is 9.78 Å². The lowest BCUT2D eigenvalue weighted by molar-refractivity contribution is 0.102. The molecule has 0 unspecified atom stereocenters. The Morgan fingerprint density at radius 3 is 2.35 bits per heavy atom. The first-order chi connectivity index (χ1) is 12.5. The Kier molecular flexibility index (Phi) is 5.17. The number of amides is 1. The number of hydrogen-bond acceptors (Lipinski definition) is 4. The molecular weight excluding hydrogens is 324 g/mol. The molecule has 0 fully saturated rings. The summed E-state index contributed by atoms with van der Waals surface area (Å²) in [5, 5.41) is 6.18. The van der Waals surface area contributed by atoms with Crippen LogP contribution >= 0.6 is 0 Å². The largest absolute Gasteiger partial charge is 0.378 e. The molecule has 0 aliphatic rings. The Morgan fingerprint density at radius 2 is 1.65 bits per heavy atom. The second-order valence-electron chi connectivity index (χ2n) is 6.32. The molecule has 26 heavy (non-hydrogen) atoms. The second-order valence-corrected chi connectivity index (χ2v) is 6.32. The van der Waals surface area contributed by atoms with Crippen molar-refractivity contribution in [2.45, 2.75) is 6.92 Å². The van der Waals surface area contributed by atoms with E-state index in [1.165, 1.54) is 5.56 Å². The van der Waals surface area contributed by atoms with E-state index in [1.807, 2.05) is 80.5 Å². The fourth-order valence-corrected chi connectivity index (χ4v) is 2.56. The van der Waals surface area contributed by atoms with Gasteiger partial charge < -0.3 is 15.5 Å². The first-order valence-corrected chi connectivity index (χ1v) is 8.40. The molecule has 0 bridgehead atoms. The van der Waals surface area contributed by atoms with Gasteiger partial charge in [0.05, 0.1) is 0 Å². The van der Waals surface area contributed by atoms with Crippen LogP contribution in [0.1, 0.15) is 16.1 Å². The lowest BCUT2D eigenvalue weighted by atomic mass is 10.2. The van der Waals surface area contributed by atoms with Crippen LogP contribution in [0.3, 0.4) is 0 Å². The molecule has 0 radical (unpaired) electrons. The fraction of sp³-hybridized carbons (Fsp3) is 0.143. The van der Waals surface area contributed by atoms with Gasteiger partial charge in [-0.2, -0.15) is 0 Å². The van der Waals surface area contributed by atoms with Crippen molar-refractivity contribution in [1.29, 1.82) is 0 Å². The zero-order chi connectivity index (χ0) is 18.5. The van der Waals surface area contributed by atoms with Crippen LogP contribution in [0, 0.1) is 6.92 Å². The van der Waals surface area contributed by atoms with Crippen molar-refractivity contribution in [3.05, 3.63) is 78.1 Å². The summed E-state index contributed by atoms with van der Waals surface area (Å²) in [6.45, 7) is 2.04. The van der Waals surface area contributed by atoms with Crippen LogP contribution in [0.2, 0.25) is 0 Å². The van der Waals surface area contributed by atoms with Crippen molar-refractivity contribution in [2.75, 3.05) is 29.6 Å². The molecule has 2 N–H and O–H groups in total. The Balaban J connectivity index is 1.71. The minimum atomic E-state index is -0.240. The first kappa shape index (κ1) is 17.5. The number of nitrogens with zero attached hydrogens (tertiary/aromatic N) is 2. The Bertz CT molecular complexity index is 904. The Labute approximate surface area is 153 Å². The third-order valence-corrected chi connectivity index (χ3v) is 3.94. The molecule has 0 atom stereocenters. The molecule has 0 saturated carbocycles. The van der Waals surface area contributed by atoms with Crippen molar-refractivity contribution in [3.8, 4) is 0 Å². The van der Waals surface area contributed by atoms with Gasteiger partial charge >= 0.3 is 0 Å². The summed E-state index contributed by atoms with van der Waals surface area (Å²) in [6.07, 6.45) is 1.63. The van der Waals surface area contributed by atoms with E-state index in [0.717, 1.165) is 22.7 Å². The van der Waals surface area contributed by atoms with Gasteiger partial charge in [0.2, 0.25) is 0 Å². The van der Waals surface area contributed by atoms with E-state index >= 15 is 0 Å². The molecule has 3 aromatic rings. The first-order valence-electron chi connectivity index (χ1n) is 8.40. The van der Waals surface area contributed by atoms with Gasteiger partial charge in [0.1, 0.15) is 5.69 Å². The standard InChI is InChI=1S/C21H22N4O/c1-15-5-4-6-17(13-15)23-18-11-12-22-20(14-18)21(26)24-16-7-9-19(10-8-16)25(2)3/h4-14H,1-3H3,(H,22,23)(H,24,26). The maximum Gasteiger partial charge on any atom is 0.274 e. The zero-order valence-corrected chi connectivity index (χ0v) is 15.2. The highest BCUT2D eigenvalue weighted by molar-refractivity contribution is 6.03. The van der Waals surface area contributed by atoms with E-state index in [1.54, 1.807) is 12.3 Å². The molecule has 132 valence electrons. The van der Waals surface area contributed by atoms with E-state index < -0.39 is 0 Å². The van der Waals surface area contributed by atoms with Crippen LogP contribution in [0.4, 0.5) is 22.7 Å². The average Bonchev–Trinajstić information content (AvgIpc) is 2.62. The zero-order valence-electron chi connectivity index (χ0n) is 15.2. The number of anilines is 4. The van der Waals surface area contributed by atoms with Crippen molar-refractivity contribution in [3.63, 3.8) is 0 Å². The van der Waals surface area contributed by atoms with Crippen LogP contribution in [0.15, 0.2) is 66.9 Å². The number of aromatic nitrogens is 1. The molecule has 0 saturated heterocycles. The van der Waals surface area contributed by atoms with E-state index in [4.69, 9.17) is 0 Å². The molecule has 1 aromatic heterocycles. The second kappa shape index (κ2) is 7.70. The highest BCUT2D eigenvalue weighted by Gasteiger charge is 2.09. The minimum Gasteiger partial charge on any atom is -0.378 e. The summed E-state index contributed by atoms with van der Waals surface area (Å²) in [7, 11) is 3.95. The minimum absolute atomic E-state index is 0.240. The molecule has 2 aromatic carbocycles. The quantitative estimate of drug-likeness (QED) is 0.716. The summed E-state index contributed by atoms with van der Waals surface area (Å²) in [5.74, 6) is -0.240. The molecule has 0 aliphatic heterocycles. The number of carbonyl (C=O) groups is 1. The average molecular weight is 346 g/mol. The summed E-state index contributed by atoms with van der Waals surface area (Å²) in [6, 6.07) is 19.3. The van der Waals surface area contributed by atoms with Crippen molar-refractivity contribution in [1.82, 2.24) is 4.98 Å². The topological polar surface area (TPSA) is 57.3 Å². The molecular formula is C21H22N4O. The van der Waals surface area contributed by atoms with Crippen molar-refractivity contribution in [2.24, 2.45) is 0 Å². The van der Waals surface area contributed by atoms with Crippen LogP contribution < -0.4 is 15.5 Å². The summed E-state index contributed by atoms with van der Waals surface area (Å²) < 4.78 is 0. The lowest BCUT2D eigenvalue weighted by Gasteiger charge is -2.13. The molecule has 0 aliphatic carbocycles. The molecule has 5 nitrogen and oxygen atoms in total. The maximum atomic E-state index is 12.5. The summed E-state index contributed by atoms with van der Waals surface area (Å²) >= 11 is 0. The normalized spacial score (nSPS) is 10.3. The highest BCUT2D eigenvalue weighted by atomic mass is 16.1. The van der Waals surface area contributed by atoms with Gasteiger partial charge in [-0.25, -0.2) is 0 Å². The number of nitrogens with one attached hydrogen (secondary N) is 2. The number of benzene rings is 2. The molecule has 3 rings (SSSR count). The number of rotatable bonds is 5. The lowest BCUT2D eigenvalue weighted by Crippen LogP contribution is -2.14. The highest BCUT2D eigenvalue weighted by Crippen LogP contribution is 2.19. The maximum absolute atomic E-state index is 12.5. The van der Waals surface area contributed by atoms with Crippen molar-refractivity contribution >= 4 is 28.7 Å². The summed E-state index contributed by atoms with van der Waals surface area (Å²) in [5.41, 5.74) is 5.13. The van der Waals surface area contributed by atoms with Crippen LogP contribution in [0.25, 0.3) is 0 Å². The fourth-order valence-electron chi connectivity index (χ4n) is 2.56. The van der Waals surface area contributed by atoms with Gasteiger partial charge in [-0.1, -0.05) is 12.1 Å². The van der Waals surface area contributed by atoms with Crippen LogP contribution in [-0.2, 0) is 0 Å².